The summed E-state index contributed by atoms with van der Waals surface area (Å²) in [5, 5.41) is 24.0. The maximum Gasteiger partial charge on any atom is 0.407 e. The van der Waals surface area contributed by atoms with Crippen molar-refractivity contribution in [2.75, 3.05) is 11.9 Å². The molecule has 0 radical (unpaired) electrons. The number of benzene rings is 2. The highest BCUT2D eigenvalue weighted by molar-refractivity contribution is 5.95. The van der Waals surface area contributed by atoms with Crippen LogP contribution < -0.4 is 32.6 Å². The molecule has 7 N–H and O–H groups in total. The molecule has 2 aromatic carbocycles. The van der Waals surface area contributed by atoms with Crippen LogP contribution >= 0.6 is 0 Å². The van der Waals surface area contributed by atoms with Gasteiger partial charge in [0.05, 0.1) is 41.1 Å². The Kier molecular flexibility index (Phi) is 10.3. The second kappa shape index (κ2) is 15.1. The summed E-state index contributed by atoms with van der Waals surface area (Å²) >= 11 is 0. The van der Waals surface area contributed by atoms with E-state index in [0.717, 1.165) is 27.6 Å². The predicted octanol–water partition coefficient (Wildman–Crippen LogP) is 3.75. The zero-order valence-corrected chi connectivity index (χ0v) is 31.0. The zero-order valence-electron chi connectivity index (χ0n) is 31.0. The van der Waals surface area contributed by atoms with Gasteiger partial charge in [-0.15, -0.1) is 0 Å². The van der Waals surface area contributed by atoms with Crippen LogP contribution in [0.4, 0.5) is 15.3 Å². The van der Waals surface area contributed by atoms with E-state index in [0.29, 0.717) is 54.8 Å². The number of aromatic nitrogens is 2. The Hall–Kier alpha value is -5.80. The number of carbonyl (C=O) groups is 4. The molecule has 15 heteroatoms. The highest BCUT2D eigenvalue weighted by Crippen LogP contribution is 2.45. The van der Waals surface area contributed by atoms with Crippen LogP contribution in [0.2, 0.25) is 0 Å². The molecule has 4 amide bonds. The lowest BCUT2D eigenvalue weighted by atomic mass is 9.83. The minimum Gasteiger partial charge on any atom is -0.458 e. The number of urea groups is 1. The number of hydrogen-bond acceptors (Lipinski definition) is 10. The topological polar surface area (TPSA) is 216 Å². The summed E-state index contributed by atoms with van der Waals surface area (Å²) in [6, 6.07) is 13.1. The van der Waals surface area contributed by atoms with Crippen LogP contribution in [0.3, 0.4) is 0 Å². The van der Waals surface area contributed by atoms with E-state index in [4.69, 9.17) is 20.2 Å². The molecule has 4 heterocycles. The van der Waals surface area contributed by atoms with E-state index < -0.39 is 35.8 Å². The van der Waals surface area contributed by atoms with Gasteiger partial charge >= 0.3 is 18.1 Å². The fourth-order valence-electron chi connectivity index (χ4n) is 7.88. The fourth-order valence-corrected chi connectivity index (χ4v) is 7.88. The van der Waals surface area contributed by atoms with Gasteiger partial charge in [-0.25, -0.2) is 19.4 Å². The summed E-state index contributed by atoms with van der Waals surface area (Å²) in [4.78, 5) is 68.9. The fraction of sp³-hybridized carbons (Fsp3) is 0.400. The smallest absolute Gasteiger partial charge is 0.407 e. The van der Waals surface area contributed by atoms with Gasteiger partial charge in [-0.1, -0.05) is 45.0 Å². The lowest BCUT2D eigenvalue weighted by molar-refractivity contribution is -0.172. The summed E-state index contributed by atoms with van der Waals surface area (Å²) in [6.07, 6.45) is 1.80. The van der Waals surface area contributed by atoms with Crippen LogP contribution in [0, 0.1) is 0 Å². The van der Waals surface area contributed by atoms with Crippen molar-refractivity contribution in [2.24, 2.45) is 5.73 Å². The molecule has 0 saturated heterocycles. The third kappa shape index (κ3) is 7.24. The molecule has 7 rings (SSSR count). The van der Waals surface area contributed by atoms with E-state index in [-0.39, 0.29) is 54.8 Å². The molecular formula is C40H45N7O8. The molecule has 0 unspecified atom stereocenters. The average Bonchev–Trinajstić information content (AvgIpc) is 3.53. The first-order chi connectivity index (χ1) is 26.4. The van der Waals surface area contributed by atoms with E-state index in [1.807, 2.05) is 32.0 Å². The summed E-state index contributed by atoms with van der Waals surface area (Å²) in [7, 11) is 0. The lowest BCUT2D eigenvalue weighted by Crippen LogP contribution is -2.44. The average molecular weight is 752 g/mol. The summed E-state index contributed by atoms with van der Waals surface area (Å²) in [5.41, 5.74) is 9.17. The standard InChI is InChI=1S/C40H45N7O8/c1-4-40(53)27-17-31-34-25(18-47(31)36(49)26(27)20-54-37(40)50)33-29(15-12-23-7-5-8-28(45-34)32(23)33)46-39(52)55-19-22-10-13-24(14-11-22)44-35(48)30(43-21(2)3)9-6-16-42-38(41)51/h5,7-8,10-11,13-14,17,21,29-30,43,53H,4,6,9,12,15-16,18-20H2,1-3H3,(H,44,48)(H,46,52)(H3,41,42,51)/t29-,30-,40-/m0/s1. The van der Waals surface area contributed by atoms with Gasteiger partial charge in [0.15, 0.2) is 5.60 Å². The number of ether oxygens (including phenoxy) is 2. The zero-order chi connectivity index (χ0) is 39.0. The number of aryl methyl sites for hydroxylation is 1. The van der Waals surface area contributed by atoms with Crippen molar-refractivity contribution in [2.45, 2.75) is 96.4 Å². The molecule has 0 fully saturated rings. The molecule has 55 heavy (non-hydrogen) atoms. The maximum atomic E-state index is 13.9. The minimum atomic E-state index is -1.94. The molecule has 0 spiro atoms. The molecule has 4 aromatic rings. The molecular weight excluding hydrogens is 706 g/mol. The van der Waals surface area contributed by atoms with Crippen molar-refractivity contribution in [3.05, 3.63) is 92.3 Å². The summed E-state index contributed by atoms with van der Waals surface area (Å²) < 4.78 is 12.5. The Bertz CT molecular complexity index is 2250. The first-order valence-corrected chi connectivity index (χ1v) is 18.6. The number of nitrogens with two attached hydrogens (primary N) is 1. The number of alkyl carbamates (subject to hydrolysis) is 1. The first kappa shape index (κ1) is 37.5. The number of amides is 4. The van der Waals surface area contributed by atoms with Gasteiger partial charge < -0.3 is 46.1 Å². The number of carbonyl (C=O) groups excluding carboxylic acids is 4. The van der Waals surface area contributed by atoms with Crippen LogP contribution in [0.5, 0.6) is 0 Å². The van der Waals surface area contributed by atoms with Crippen molar-refractivity contribution >= 4 is 40.6 Å². The molecule has 1 aliphatic carbocycles. The second-order valence-electron chi connectivity index (χ2n) is 14.6. The van der Waals surface area contributed by atoms with Gasteiger partial charge in [0.25, 0.3) is 5.56 Å². The predicted molar refractivity (Wildman–Crippen MR) is 203 cm³/mol. The Labute approximate surface area is 317 Å². The molecule has 3 atom stereocenters. The number of nitrogens with zero attached hydrogens (tertiary/aromatic N) is 2. The molecule has 0 bridgehead atoms. The number of cyclic esters (lactones) is 1. The number of aliphatic hydroxyl groups is 1. The first-order valence-electron chi connectivity index (χ1n) is 18.6. The van der Waals surface area contributed by atoms with Gasteiger partial charge in [-0.2, -0.15) is 0 Å². The molecule has 0 saturated carbocycles. The third-order valence-corrected chi connectivity index (χ3v) is 10.6. The van der Waals surface area contributed by atoms with Crippen LogP contribution in [0.25, 0.3) is 22.3 Å². The highest BCUT2D eigenvalue weighted by atomic mass is 16.6. The van der Waals surface area contributed by atoms with Gasteiger partial charge in [0, 0.05) is 34.8 Å². The SMILES string of the molecule is CC[C@@]1(O)C(=O)OCc2c1cc1n(c2=O)Cc2c-1nc1cccc3c1c2[C@@H](NC(=O)OCc1ccc(NC(=O)[C@H](CCCNC(N)=O)NC(C)C)cc1)CC3. The van der Waals surface area contributed by atoms with Crippen molar-refractivity contribution in [3.8, 4) is 11.4 Å². The number of fused-ring (bicyclic) bond motifs is 5. The van der Waals surface area contributed by atoms with Gasteiger partial charge in [-0.05, 0) is 73.1 Å². The van der Waals surface area contributed by atoms with E-state index in [9.17, 15) is 29.1 Å². The van der Waals surface area contributed by atoms with Crippen LogP contribution in [0.15, 0.2) is 53.3 Å². The Morgan fingerprint density at radius 1 is 1.13 bits per heavy atom. The van der Waals surface area contributed by atoms with Gasteiger partial charge in [0.1, 0.15) is 13.2 Å². The summed E-state index contributed by atoms with van der Waals surface area (Å²) in [5.74, 6) is -0.991. The normalized spacial score (nSPS) is 18.5. The maximum absolute atomic E-state index is 13.9. The van der Waals surface area contributed by atoms with Crippen molar-refractivity contribution in [3.63, 3.8) is 0 Å². The number of nitrogens with one attached hydrogen (secondary N) is 4. The second-order valence-corrected chi connectivity index (χ2v) is 14.6. The van der Waals surface area contributed by atoms with Crippen molar-refractivity contribution in [1.29, 1.82) is 0 Å². The third-order valence-electron chi connectivity index (χ3n) is 10.6. The number of hydrogen-bond donors (Lipinski definition) is 6. The van der Waals surface area contributed by atoms with E-state index in [1.54, 1.807) is 41.8 Å². The lowest BCUT2D eigenvalue weighted by Gasteiger charge is -2.31. The highest BCUT2D eigenvalue weighted by Gasteiger charge is 2.46. The number of pyridine rings is 2. The monoisotopic (exact) mass is 751 g/mol. The Morgan fingerprint density at radius 2 is 1.91 bits per heavy atom. The van der Waals surface area contributed by atoms with Gasteiger partial charge in [-0.3, -0.25) is 9.59 Å². The van der Waals surface area contributed by atoms with Crippen LogP contribution in [-0.2, 0) is 50.8 Å². The Morgan fingerprint density at radius 3 is 2.64 bits per heavy atom. The Balaban J connectivity index is 1.06. The molecule has 288 valence electrons. The van der Waals surface area contributed by atoms with Crippen LogP contribution in [-0.4, -0.2) is 57.3 Å². The van der Waals surface area contributed by atoms with Crippen LogP contribution in [0.1, 0.15) is 85.9 Å². The molecule has 3 aliphatic rings. The number of rotatable bonds is 12. The van der Waals surface area contributed by atoms with Gasteiger partial charge in [0.2, 0.25) is 5.91 Å². The van der Waals surface area contributed by atoms with E-state index >= 15 is 0 Å². The van der Waals surface area contributed by atoms with E-state index in [1.165, 1.54) is 0 Å². The molecule has 2 aromatic heterocycles. The quantitative estimate of drug-likeness (QED) is 0.0802. The van der Waals surface area contributed by atoms with Crippen molar-refractivity contribution in [1.82, 2.24) is 25.5 Å². The molecule has 15 nitrogen and oxygen atoms in total. The minimum absolute atomic E-state index is 0.00879. The molecule has 2 aliphatic heterocycles. The number of anilines is 1. The van der Waals surface area contributed by atoms with E-state index in [2.05, 4.69) is 21.3 Å². The number of primary amides is 1. The van der Waals surface area contributed by atoms with Crippen molar-refractivity contribution < 1.29 is 33.8 Å². The number of esters is 1. The largest absolute Gasteiger partial charge is 0.458 e. The summed E-state index contributed by atoms with van der Waals surface area (Å²) in [6.45, 7) is 5.91.